The largest absolute Gasteiger partial charge is 0.409 e. The standard InChI is InChI=1S/C9H10N8OS/c10-7(14-18)6-3-4-11-8(12-6)19-9-13-15-16-17(9)5-1-2-5/h3-5,18H,1-2H2,(H2,10,14). The third-order valence-corrected chi connectivity index (χ3v) is 3.37. The van der Waals surface area contributed by atoms with Gasteiger partial charge in [0.1, 0.15) is 5.69 Å². The zero-order chi connectivity index (χ0) is 13.2. The van der Waals surface area contributed by atoms with Crippen molar-refractivity contribution < 1.29 is 5.21 Å². The summed E-state index contributed by atoms with van der Waals surface area (Å²) >= 11 is 1.24. The van der Waals surface area contributed by atoms with Crippen LogP contribution in [0.2, 0.25) is 0 Å². The van der Waals surface area contributed by atoms with Crippen molar-refractivity contribution in [3.8, 4) is 0 Å². The highest BCUT2D eigenvalue weighted by molar-refractivity contribution is 7.99. The van der Waals surface area contributed by atoms with Crippen molar-refractivity contribution in [1.29, 1.82) is 0 Å². The summed E-state index contributed by atoms with van der Waals surface area (Å²) in [5.41, 5.74) is 5.83. The molecular formula is C9H10N8OS. The molecule has 0 atom stereocenters. The number of aromatic nitrogens is 6. The first-order valence-electron chi connectivity index (χ1n) is 5.54. The second-order valence-corrected chi connectivity index (χ2v) is 4.88. The van der Waals surface area contributed by atoms with Gasteiger partial charge >= 0.3 is 0 Å². The maximum Gasteiger partial charge on any atom is 0.217 e. The summed E-state index contributed by atoms with van der Waals surface area (Å²) in [5.74, 6) is -0.0639. The van der Waals surface area contributed by atoms with Crippen LogP contribution in [-0.2, 0) is 0 Å². The molecule has 1 fully saturated rings. The van der Waals surface area contributed by atoms with Crippen LogP contribution in [0, 0.1) is 0 Å². The highest BCUT2D eigenvalue weighted by Crippen LogP contribution is 2.37. The van der Waals surface area contributed by atoms with Crippen molar-refractivity contribution in [2.75, 3.05) is 0 Å². The SMILES string of the molecule is N/C(=N/O)c1ccnc(Sc2nnnn2C2CC2)n1. The molecular weight excluding hydrogens is 268 g/mol. The fraction of sp³-hybridized carbons (Fsp3) is 0.333. The van der Waals surface area contributed by atoms with Crippen LogP contribution in [0.5, 0.6) is 0 Å². The number of oxime groups is 1. The number of nitrogens with zero attached hydrogens (tertiary/aromatic N) is 7. The molecule has 0 saturated heterocycles. The van der Waals surface area contributed by atoms with Crippen molar-refractivity contribution in [2.24, 2.45) is 10.9 Å². The van der Waals surface area contributed by atoms with Gasteiger partial charge in [-0.2, -0.15) is 0 Å². The summed E-state index contributed by atoms with van der Waals surface area (Å²) in [6.07, 6.45) is 3.71. The Morgan fingerprint density at radius 2 is 2.37 bits per heavy atom. The molecule has 19 heavy (non-hydrogen) atoms. The number of amidine groups is 1. The third-order valence-electron chi connectivity index (χ3n) is 2.54. The molecule has 0 unspecified atom stereocenters. The quantitative estimate of drug-likeness (QED) is 0.264. The van der Waals surface area contributed by atoms with E-state index in [1.165, 1.54) is 18.0 Å². The third kappa shape index (κ3) is 2.47. The molecule has 3 rings (SSSR count). The normalized spacial score (nSPS) is 15.7. The molecule has 3 N–H and O–H groups in total. The van der Waals surface area contributed by atoms with Gasteiger partial charge in [0.2, 0.25) is 5.16 Å². The summed E-state index contributed by atoms with van der Waals surface area (Å²) < 4.78 is 1.77. The topological polar surface area (TPSA) is 128 Å². The molecule has 1 aliphatic rings. The van der Waals surface area contributed by atoms with Crippen LogP contribution in [0.15, 0.2) is 27.7 Å². The van der Waals surface area contributed by atoms with Crippen molar-refractivity contribution in [2.45, 2.75) is 29.2 Å². The fourth-order valence-electron chi connectivity index (χ4n) is 1.47. The molecule has 0 bridgehead atoms. The monoisotopic (exact) mass is 278 g/mol. The van der Waals surface area contributed by atoms with Crippen LogP contribution in [0.1, 0.15) is 24.6 Å². The summed E-state index contributed by atoms with van der Waals surface area (Å²) in [7, 11) is 0. The second-order valence-electron chi connectivity index (χ2n) is 3.95. The van der Waals surface area contributed by atoms with E-state index in [1.54, 1.807) is 10.7 Å². The average Bonchev–Trinajstić information content (AvgIpc) is 3.19. The zero-order valence-electron chi connectivity index (χ0n) is 9.71. The predicted octanol–water partition coefficient (Wildman–Crippen LogP) is 0.0437. The lowest BCUT2D eigenvalue weighted by Crippen LogP contribution is -2.15. The lowest BCUT2D eigenvalue weighted by molar-refractivity contribution is 0.318. The van der Waals surface area contributed by atoms with Gasteiger partial charge in [-0.1, -0.05) is 5.16 Å². The van der Waals surface area contributed by atoms with E-state index in [1.807, 2.05) is 0 Å². The predicted molar refractivity (Wildman–Crippen MR) is 64.8 cm³/mol. The Hall–Kier alpha value is -2.23. The van der Waals surface area contributed by atoms with Gasteiger partial charge in [-0.05, 0) is 41.1 Å². The molecule has 0 aliphatic heterocycles. The minimum absolute atomic E-state index is 0.0639. The van der Waals surface area contributed by atoms with Crippen molar-refractivity contribution in [3.63, 3.8) is 0 Å². The first-order valence-corrected chi connectivity index (χ1v) is 6.36. The van der Waals surface area contributed by atoms with Crippen molar-refractivity contribution >= 4 is 17.6 Å². The van der Waals surface area contributed by atoms with Crippen LogP contribution < -0.4 is 5.73 Å². The van der Waals surface area contributed by atoms with Crippen LogP contribution in [0.3, 0.4) is 0 Å². The Morgan fingerprint density at radius 1 is 1.53 bits per heavy atom. The van der Waals surface area contributed by atoms with Crippen LogP contribution in [0.25, 0.3) is 0 Å². The molecule has 2 aromatic heterocycles. The van der Waals surface area contributed by atoms with E-state index in [4.69, 9.17) is 10.9 Å². The van der Waals surface area contributed by atoms with Crippen molar-refractivity contribution in [1.82, 2.24) is 30.2 Å². The summed E-state index contributed by atoms with van der Waals surface area (Å²) in [5, 5.41) is 24.1. The number of nitrogens with two attached hydrogens (primary N) is 1. The van der Waals surface area contributed by atoms with E-state index in [0.717, 1.165) is 12.8 Å². The molecule has 0 radical (unpaired) electrons. The molecule has 0 amide bonds. The van der Waals surface area contributed by atoms with Gasteiger partial charge in [0.05, 0.1) is 6.04 Å². The van der Waals surface area contributed by atoms with Gasteiger partial charge in [-0.25, -0.2) is 14.6 Å². The molecule has 0 aromatic carbocycles. The number of rotatable bonds is 4. The highest BCUT2D eigenvalue weighted by Gasteiger charge is 2.28. The van der Waals surface area contributed by atoms with Crippen molar-refractivity contribution in [3.05, 3.63) is 18.0 Å². The number of tetrazole rings is 1. The lowest BCUT2D eigenvalue weighted by Gasteiger charge is -2.02. The Kier molecular flexibility index (Phi) is 2.99. The Balaban J connectivity index is 1.84. The van der Waals surface area contributed by atoms with Gasteiger partial charge in [0.15, 0.2) is 11.0 Å². The van der Waals surface area contributed by atoms with E-state index in [-0.39, 0.29) is 5.84 Å². The molecule has 1 aliphatic carbocycles. The number of hydrogen-bond acceptors (Lipinski definition) is 8. The summed E-state index contributed by atoms with van der Waals surface area (Å²) in [6.45, 7) is 0. The van der Waals surface area contributed by atoms with Gasteiger partial charge in [-0.15, -0.1) is 5.10 Å². The Labute approximate surface area is 111 Å². The first kappa shape index (κ1) is 11.8. The van der Waals surface area contributed by atoms with Gasteiger partial charge < -0.3 is 10.9 Å². The van der Waals surface area contributed by atoms with E-state index < -0.39 is 0 Å². The molecule has 0 spiro atoms. The minimum Gasteiger partial charge on any atom is -0.409 e. The fourth-order valence-corrected chi connectivity index (χ4v) is 2.24. The van der Waals surface area contributed by atoms with E-state index >= 15 is 0 Å². The summed E-state index contributed by atoms with van der Waals surface area (Å²) in [4.78, 5) is 8.27. The Morgan fingerprint density at radius 3 is 3.11 bits per heavy atom. The molecule has 1 saturated carbocycles. The maximum absolute atomic E-state index is 8.62. The molecule has 10 heteroatoms. The Bertz CT molecular complexity index is 622. The van der Waals surface area contributed by atoms with Gasteiger partial charge in [-0.3, -0.25) is 0 Å². The average molecular weight is 278 g/mol. The molecule has 2 heterocycles. The van der Waals surface area contributed by atoms with E-state index in [2.05, 4.69) is 30.6 Å². The highest BCUT2D eigenvalue weighted by atomic mass is 32.2. The first-order chi connectivity index (χ1) is 9.28. The smallest absolute Gasteiger partial charge is 0.217 e. The summed E-state index contributed by atoms with van der Waals surface area (Å²) in [6, 6.07) is 1.94. The second kappa shape index (κ2) is 4.80. The number of hydrogen-bond donors (Lipinski definition) is 2. The van der Waals surface area contributed by atoms with Crippen LogP contribution in [-0.4, -0.2) is 41.2 Å². The van der Waals surface area contributed by atoms with Gasteiger partial charge in [0.25, 0.3) is 0 Å². The van der Waals surface area contributed by atoms with Crippen LogP contribution in [0.4, 0.5) is 0 Å². The molecule has 98 valence electrons. The van der Waals surface area contributed by atoms with Crippen LogP contribution >= 0.6 is 11.8 Å². The zero-order valence-corrected chi connectivity index (χ0v) is 10.5. The van der Waals surface area contributed by atoms with Gasteiger partial charge in [0, 0.05) is 6.20 Å². The molecule has 2 aromatic rings. The lowest BCUT2D eigenvalue weighted by atomic mass is 10.4. The minimum atomic E-state index is -0.0639. The van der Waals surface area contributed by atoms with E-state index in [9.17, 15) is 0 Å². The maximum atomic E-state index is 8.62. The van der Waals surface area contributed by atoms with E-state index in [0.29, 0.717) is 22.0 Å². The molecule has 9 nitrogen and oxygen atoms in total.